The first-order chi connectivity index (χ1) is 12.1. The second-order valence-corrected chi connectivity index (χ2v) is 7.64. The molecule has 3 nitrogen and oxygen atoms in total. The minimum Gasteiger partial charge on any atom is -0.457 e. The van der Waals surface area contributed by atoms with E-state index in [1.807, 2.05) is 42.5 Å². The molecule has 0 saturated carbocycles. The Kier molecular flexibility index (Phi) is 6.27. The van der Waals surface area contributed by atoms with Gasteiger partial charge in [-0.3, -0.25) is 4.90 Å². The van der Waals surface area contributed by atoms with Crippen LogP contribution in [-0.4, -0.2) is 23.5 Å². The van der Waals surface area contributed by atoms with Crippen molar-refractivity contribution in [3.63, 3.8) is 0 Å². The zero-order valence-corrected chi connectivity index (χ0v) is 16.2. The maximum atomic E-state index is 12.4. The fourth-order valence-corrected chi connectivity index (χ4v) is 3.83. The molecular formula is C21H24BrNO2. The normalized spacial score (nSPS) is 18.1. The van der Waals surface area contributed by atoms with Gasteiger partial charge in [-0.1, -0.05) is 52.7 Å². The Morgan fingerprint density at radius 3 is 2.72 bits per heavy atom. The Labute approximate surface area is 158 Å². The number of esters is 1. The van der Waals surface area contributed by atoms with E-state index in [0.29, 0.717) is 18.2 Å². The van der Waals surface area contributed by atoms with Gasteiger partial charge in [0.05, 0.1) is 5.56 Å². The summed E-state index contributed by atoms with van der Waals surface area (Å²) < 4.78 is 6.38. The molecule has 25 heavy (non-hydrogen) atoms. The van der Waals surface area contributed by atoms with Crippen LogP contribution in [0.2, 0.25) is 0 Å². The third kappa shape index (κ3) is 5.16. The van der Waals surface area contributed by atoms with E-state index in [0.717, 1.165) is 28.7 Å². The van der Waals surface area contributed by atoms with Crippen LogP contribution < -0.4 is 0 Å². The first-order valence-corrected chi connectivity index (χ1v) is 9.65. The summed E-state index contributed by atoms with van der Waals surface area (Å²) in [7, 11) is 0. The zero-order chi connectivity index (χ0) is 17.6. The monoisotopic (exact) mass is 401 g/mol. The van der Waals surface area contributed by atoms with Gasteiger partial charge in [0.25, 0.3) is 0 Å². The van der Waals surface area contributed by atoms with Crippen LogP contribution in [0.5, 0.6) is 0 Å². The number of likely N-dealkylation sites (tertiary alicyclic amines) is 1. The molecule has 4 heteroatoms. The summed E-state index contributed by atoms with van der Waals surface area (Å²) in [5.41, 5.74) is 2.74. The Hall–Kier alpha value is -1.65. The lowest BCUT2D eigenvalue weighted by atomic mass is 10.0. The predicted octanol–water partition coefficient (Wildman–Crippen LogP) is 5.18. The maximum Gasteiger partial charge on any atom is 0.338 e. The summed E-state index contributed by atoms with van der Waals surface area (Å²) in [6.45, 7) is 4.58. The molecule has 0 spiro atoms. The molecule has 0 radical (unpaired) electrons. The summed E-state index contributed by atoms with van der Waals surface area (Å²) in [6, 6.07) is 16.2. The minimum absolute atomic E-state index is 0.280. The average Bonchev–Trinajstić information content (AvgIpc) is 2.62. The smallest absolute Gasteiger partial charge is 0.338 e. The fraction of sp³-hybridized carbons (Fsp3) is 0.381. The molecule has 2 aromatic carbocycles. The molecule has 1 unspecified atom stereocenters. The van der Waals surface area contributed by atoms with Gasteiger partial charge < -0.3 is 4.74 Å². The summed E-state index contributed by atoms with van der Waals surface area (Å²) in [6.07, 6.45) is 3.82. The Morgan fingerprint density at radius 2 is 1.96 bits per heavy atom. The number of hydrogen-bond acceptors (Lipinski definition) is 3. The number of carbonyl (C=O) groups is 1. The number of halogens is 1. The van der Waals surface area contributed by atoms with Crippen LogP contribution >= 0.6 is 15.9 Å². The number of benzene rings is 2. The van der Waals surface area contributed by atoms with Gasteiger partial charge in [-0.2, -0.15) is 0 Å². The lowest BCUT2D eigenvalue weighted by Crippen LogP contribution is -2.36. The van der Waals surface area contributed by atoms with Gasteiger partial charge in [-0.15, -0.1) is 0 Å². The van der Waals surface area contributed by atoms with Crippen LogP contribution in [0.3, 0.4) is 0 Å². The highest BCUT2D eigenvalue weighted by Gasteiger charge is 2.19. The quantitative estimate of drug-likeness (QED) is 0.646. The van der Waals surface area contributed by atoms with Crippen LogP contribution in [-0.2, 0) is 17.9 Å². The third-order valence-corrected chi connectivity index (χ3v) is 5.19. The van der Waals surface area contributed by atoms with Crippen molar-refractivity contribution in [1.29, 1.82) is 0 Å². The van der Waals surface area contributed by atoms with Crippen LogP contribution in [0.25, 0.3) is 0 Å². The van der Waals surface area contributed by atoms with Crippen LogP contribution in [0.15, 0.2) is 53.0 Å². The Bertz CT molecular complexity index is 717. The van der Waals surface area contributed by atoms with Crippen molar-refractivity contribution in [1.82, 2.24) is 4.90 Å². The van der Waals surface area contributed by atoms with Crippen LogP contribution in [0.1, 0.15) is 47.7 Å². The largest absolute Gasteiger partial charge is 0.457 e. The minimum atomic E-state index is -0.280. The number of ether oxygens (including phenoxy) is 1. The number of hydrogen-bond donors (Lipinski definition) is 0. The second kappa shape index (κ2) is 8.63. The lowest BCUT2D eigenvalue weighted by Gasteiger charge is -2.33. The van der Waals surface area contributed by atoms with E-state index < -0.39 is 0 Å². The number of nitrogens with zero attached hydrogens (tertiary/aromatic N) is 1. The van der Waals surface area contributed by atoms with Gasteiger partial charge in [0.2, 0.25) is 0 Å². The molecule has 1 atom stereocenters. The molecular weight excluding hydrogens is 378 g/mol. The van der Waals surface area contributed by atoms with Gasteiger partial charge >= 0.3 is 5.97 Å². The molecule has 1 fully saturated rings. The maximum absolute atomic E-state index is 12.4. The van der Waals surface area contributed by atoms with E-state index >= 15 is 0 Å². The fourth-order valence-electron chi connectivity index (χ4n) is 3.29. The Balaban J connectivity index is 1.67. The molecule has 1 heterocycles. The van der Waals surface area contributed by atoms with Gasteiger partial charge in [0.1, 0.15) is 6.61 Å². The predicted molar refractivity (Wildman–Crippen MR) is 103 cm³/mol. The first-order valence-electron chi connectivity index (χ1n) is 8.86. The molecule has 2 aromatic rings. The SMILES string of the molecule is CC1CCCCN1Cc1cc(Br)cc(C(=O)OCc2ccccc2)c1. The Morgan fingerprint density at radius 1 is 1.16 bits per heavy atom. The molecule has 0 aromatic heterocycles. The summed E-state index contributed by atoms with van der Waals surface area (Å²) in [5.74, 6) is -0.280. The molecule has 1 saturated heterocycles. The summed E-state index contributed by atoms with van der Waals surface area (Å²) >= 11 is 3.53. The van der Waals surface area contributed by atoms with E-state index in [9.17, 15) is 4.79 Å². The summed E-state index contributed by atoms with van der Waals surface area (Å²) in [4.78, 5) is 14.9. The molecule has 0 N–H and O–H groups in total. The molecule has 132 valence electrons. The number of carbonyl (C=O) groups excluding carboxylic acids is 1. The molecule has 3 rings (SSSR count). The number of piperidine rings is 1. The molecule has 0 amide bonds. The topological polar surface area (TPSA) is 29.5 Å². The van der Waals surface area contributed by atoms with Crippen molar-refractivity contribution >= 4 is 21.9 Å². The van der Waals surface area contributed by atoms with Crippen LogP contribution in [0.4, 0.5) is 0 Å². The van der Waals surface area contributed by atoms with Crippen molar-refractivity contribution < 1.29 is 9.53 Å². The van der Waals surface area contributed by atoms with Gasteiger partial charge in [0.15, 0.2) is 0 Å². The first kappa shape index (κ1) is 18.2. The molecule has 0 aliphatic carbocycles. The van der Waals surface area contributed by atoms with Gasteiger partial charge in [-0.25, -0.2) is 4.79 Å². The standard InChI is InChI=1S/C21H24BrNO2/c1-16-7-5-6-10-23(16)14-18-11-19(13-20(22)12-18)21(24)25-15-17-8-3-2-4-9-17/h2-4,8-9,11-13,16H,5-7,10,14-15H2,1H3. The average molecular weight is 402 g/mol. The molecule has 1 aliphatic heterocycles. The second-order valence-electron chi connectivity index (χ2n) is 6.73. The van der Waals surface area contributed by atoms with Crippen molar-refractivity contribution in [3.8, 4) is 0 Å². The van der Waals surface area contributed by atoms with Gasteiger partial charge in [0, 0.05) is 17.1 Å². The van der Waals surface area contributed by atoms with E-state index in [4.69, 9.17) is 4.74 Å². The number of rotatable bonds is 5. The van der Waals surface area contributed by atoms with Crippen molar-refractivity contribution in [3.05, 3.63) is 69.7 Å². The van der Waals surface area contributed by atoms with Crippen molar-refractivity contribution in [2.75, 3.05) is 6.54 Å². The van der Waals surface area contributed by atoms with Crippen molar-refractivity contribution in [2.24, 2.45) is 0 Å². The van der Waals surface area contributed by atoms with E-state index in [2.05, 4.69) is 33.8 Å². The van der Waals surface area contributed by atoms with Gasteiger partial charge in [-0.05, 0) is 55.6 Å². The van der Waals surface area contributed by atoms with E-state index in [1.54, 1.807) is 0 Å². The van der Waals surface area contributed by atoms with E-state index in [-0.39, 0.29) is 5.97 Å². The van der Waals surface area contributed by atoms with Crippen LogP contribution in [0, 0.1) is 0 Å². The molecule has 1 aliphatic rings. The highest BCUT2D eigenvalue weighted by atomic mass is 79.9. The van der Waals surface area contributed by atoms with Crippen molar-refractivity contribution in [2.45, 2.75) is 45.4 Å². The lowest BCUT2D eigenvalue weighted by molar-refractivity contribution is 0.0472. The highest BCUT2D eigenvalue weighted by molar-refractivity contribution is 9.10. The zero-order valence-electron chi connectivity index (χ0n) is 14.6. The summed E-state index contributed by atoms with van der Waals surface area (Å²) in [5, 5.41) is 0. The highest BCUT2D eigenvalue weighted by Crippen LogP contribution is 2.22. The van der Waals surface area contributed by atoms with E-state index in [1.165, 1.54) is 19.3 Å². The third-order valence-electron chi connectivity index (χ3n) is 4.73. The molecule has 0 bridgehead atoms.